The molecule has 0 aromatic carbocycles. The fraction of sp³-hybridized carbons (Fsp3) is 0.667. The monoisotopic (exact) mass is 230 g/mol. The van der Waals surface area contributed by atoms with Crippen LogP contribution in [0.3, 0.4) is 0 Å². The average Bonchev–Trinajstić information content (AvgIpc) is 3.03. The molecule has 5 nitrogen and oxygen atoms in total. The van der Waals surface area contributed by atoms with Crippen molar-refractivity contribution in [3.63, 3.8) is 0 Å². The molecule has 0 aliphatic heterocycles. The quantitative estimate of drug-likeness (QED) is 0.431. The zero-order valence-corrected chi connectivity index (χ0v) is 9.13. The van der Waals surface area contributed by atoms with Gasteiger partial charge in [-0.3, -0.25) is 4.79 Å². The molecule has 2 unspecified atom stereocenters. The highest BCUT2D eigenvalue weighted by molar-refractivity contribution is 7.74. The third-order valence-corrected chi connectivity index (χ3v) is 4.44. The highest BCUT2D eigenvalue weighted by Gasteiger charge is 2.59. The van der Waals surface area contributed by atoms with Gasteiger partial charge in [0, 0.05) is 5.92 Å². The Hall–Kier alpha value is -0.880. The van der Waals surface area contributed by atoms with E-state index in [-0.39, 0.29) is 11.8 Å². The van der Waals surface area contributed by atoms with Crippen LogP contribution in [0.2, 0.25) is 0 Å². The lowest BCUT2D eigenvalue weighted by atomic mass is 10.2. The van der Waals surface area contributed by atoms with Crippen LogP contribution in [-0.2, 0) is 15.5 Å². The molecular formula is C9H14N2O3S. The van der Waals surface area contributed by atoms with Crippen molar-refractivity contribution >= 4 is 16.6 Å². The first-order valence-electron chi connectivity index (χ1n) is 4.83. The summed E-state index contributed by atoms with van der Waals surface area (Å²) in [6, 6.07) is 0. The SMILES string of the molecule is C=CC1CC1(N)C(=O)NC1([SH](=O)=O)CC1. The zero-order chi connectivity index (χ0) is 11.3. The van der Waals surface area contributed by atoms with Gasteiger partial charge in [0.1, 0.15) is 10.4 Å². The first-order valence-corrected chi connectivity index (χ1v) is 6.01. The molecule has 0 bridgehead atoms. The van der Waals surface area contributed by atoms with Crippen LogP contribution in [0, 0.1) is 5.92 Å². The van der Waals surface area contributed by atoms with Crippen LogP contribution in [0.15, 0.2) is 12.7 Å². The maximum Gasteiger partial charge on any atom is 0.241 e. The summed E-state index contributed by atoms with van der Waals surface area (Å²) < 4.78 is 21.8. The molecule has 0 aromatic heterocycles. The Bertz CT molecular complexity index is 392. The molecule has 2 saturated carbocycles. The molecule has 2 rings (SSSR count). The van der Waals surface area contributed by atoms with Gasteiger partial charge < -0.3 is 11.1 Å². The Kier molecular flexibility index (Phi) is 2.16. The zero-order valence-electron chi connectivity index (χ0n) is 8.23. The van der Waals surface area contributed by atoms with E-state index in [0.29, 0.717) is 19.3 Å². The molecule has 0 heterocycles. The van der Waals surface area contributed by atoms with E-state index in [1.807, 2.05) is 0 Å². The molecule has 0 spiro atoms. The van der Waals surface area contributed by atoms with Crippen LogP contribution in [-0.4, -0.2) is 24.7 Å². The van der Waals surface area contributed by atoms with Crippen molar-refractivity contribution < 1.29 is 13.2 Å². The van der Waals surface area contributed by atoms with E-state index >= 15 is 0 Å². The van der Waals surface area contributed by atoms with E-state index in [1.165, 1.54) is 0 Å². The van der Waals surface area contributed by atoms with Crippen LogP contribution in [0.5, 0.6) is 0 Å². The summed E-state index contributed by atoms with van der Waals surface area (Å²) in [5, 5.41) is 2.53. The first-order chi connectivity index (χ1) is 6.94. The Balaban J connectivity index is 2.03. The van der Waals surface area contributed by atoms with E-state index < -0.39 is 21.1 Å². The normalized spacial score (nSPS) is 36.0. The lowest BCUT2D eigenvalue weighted by molar-refractivity contribution is -0.123. The predicted molar refractivity (Wildman–Crippen MR) is 55.6 cm³/mol. The maximum absolute atomic E-state index is 11.7. The third kappa shape index (κ3) is 1.57. The number of carbonyl (C=O) groups excluding carboxylic acids is 1. The van der Waals surface area contributed by atoms with Crippen LogP contribution in [0.4, 0.5) is 0 Å². The van der Waals surface area contributed by atoms with Gasteiger partial charge in [0.25, 0.3) is 0 Å². The minimum Gasteiger partial charge on any atom is -0.336 e. The van der Waals surface area contributed by atoms with Crippen LogP contribution in [0.1, 0.15) is 19.3 Å². The van der Waals surface area contributed by atoms with Gasteiger partial charge in [0.2, 0.25) is 5.91 Å². The lowest BCUT2D eigenvalue weighted by Crippen LogP contribution is -2.49. The topological polar surface area (TPSA) is 89.3 Å². The van der Waals surface area contributed by atoms with Crippen LogP contribution >= 0.6 is 0 Å². The Labute approximate surface area is 89.7 Å². The number of nitrogens with one attached hydrogen (secondary N) is 1. The van der Waals surface area contributed by atoms with Gasteiger partial charge in [-0.2, -0.15) is 0 Å². The van der Waals surface area contributed by atoms with Crippen molar-refractivity contribution in [2.45, 2.75) is 29.7 Å². The summed E-state index contributed by atoms with van der Waals surface area (Å²) in [6.07, 6.45) is 3.17. The van der Waals surface area contributed by atoms with Gasteiger partial charge in [-0.05, 0) is 19.3 Å². The number of rotatable bonds is 4. The largest absolute Gasteiger partial charge is 0.336 e. The summed E-state index contributed by atoms with van der Waals surface area (Å²) >= 11 is 0. The highest BCUT2D eigenvalue weighted by Crippen LogP contribution is 2.44. The molecule has 15 heavy (non-hydrogen) atoms. The second-order valence-electron chi connectivity index (χ2n) is 4.33. The molecule has 3 N–H and O–H groups in total. The fourth-order valence-corrected chi connectivity index (χ4v) is 2.33. The summed E-state index contributed by atoms with van der Waals surface area (Å²) in [5.74, 6) is -0.401. The Morgan fingerprint density at radius 3 is 2.47 bits per heavy atom. The molecule has 2 atom stereocenters. The molecule has 0 radical (unpaired) electrons. The number of nitrogens with two attached hydrogens (primary N) is 1. The second-order valence-corrected chi connectivity index (χ2v) is 5.70. The Morgan fingerprint density at radius 2 is 2.13 bits per heavy atom. The van der Waals surface area contributed by atoms with E-state index in [9.17, 15) is 13.2 Å². The van der Waals surface area contributed by atoms with Crippen molar-refractivity contribution in [1.29, 1.82) is 0 Å². The highest BCUT2D eigenvalue weighted by atomic mass is 32.2. The summed E-state index contributed by atoms with van der Waals surface area (Å²) in [5.41, 5.74) is 4.87. The van der Waals surface area contributed by atoms with Crippen LogP contribution in [0.25, 0.3) is 0 Å². The van der Waals surface area contributed by atoms with Gasteiger partial charge >= 0.3 is 0 Å². The molecule has 1 amide bonds. The standard InChI is InChI=1S/C9H14N2O3S/c1-2-6-5-9(6,10)7(12)11-8(3-4-8)15(13)14/h2,6,15H,1,3-5,10H2,(H,11,12). The van der Waals surface area contributed by atoms with Crippen molar-refractivity contribution in [2.75, 3.05) is 0 Å². The van der Waals surface area contributed by atoms with Crippen molar-refractivity contribution in [3.05, 3.63) is 12.7 Å². The first kappa shape index (κ1) is 10.6. The smallest absolute Gasteiger partial charge is 0.241 e. The second kappa shape index (κ2) is 3.05. The van der Waals surface area contributed by atoms with Gasteiger partial charge in [-0.25, -0.2) is 8.42 Å². The van der Waals surface area contributed by atoms with Crippen molar-refractivity contribution in [3.8, 4) is 0 Å². The molecule has 84 valence electrons. The number of thiol groups is 1. The van der Waals surface area contributed by atoms with E-state index in [1.54, 1.807) is 6.08 Å². The van der Waals surface area contributed by atoms with Gasteiger partial charge in [0.15, 0.2) is 10.7 Å². The minimum atomic E-state index is -2.62. The maximum atomic E-state index is 11.7. The summed E-state index contributed by atoms with van der Waals surface area (Å²) in [7, 11) is -2.62. The summed E-state index contributed by atoms with van der Waals surface area (Å²) in [6.45, 7) is 3.57. The minimum absolute atomic E-state index is 0.0298. The van der Waals surface area contributed by atoms with Gasteiger partial charge in [-0.1, -0.05) is 6.08 Å². The van der Waals surface area contributed by atoms with Crippen LogP contribution < -0.4 is 11.1 Å². The summed E-state index contributed by atoms with van der Waals surface area (Å²) in [4.78, 5) is 10.7. The molecule has 6 heteroatoms. The van der Waals surface area contributed by atoms with Crippen molar-refractivity contribution in [1.82, 2.24) is 5.32 Å². The average molecular weight is 230 g/mol. The fourth-order valence-electron chi connectivity index (χ4n) is 1.66. The van der Waals surface area contributed by atoms with Gasteiger partial charge in [0.05, 0.1) is 0 Å². The Morgan fingerprint density at radius 1 is 1.53 bits per heavy atom. The predicted octanol–water partition coefficient (Wildman–Crippen LogP) is -0.892. The molecule has 0 aromatic rings. The molecular weight excluding hydrogens is 216 g/mol. The van der Waals surface area contributed by atoms with Crippen molar-refractivity contribution in [2.24, 2.45) is 11.7 Å². The molecule has 0 saturated heterocycles. The molecule has 2 aliphatic rings. The molecule has 2 aliphatic carbocycles. The number of hydrogen-bond donors (Lipinski definition) is 3. The number of amides is 1. The van der Waals surface area contributed by atoms with E-state index in [4.69, 9.17) is 5.73 Å². The van der Waals surface area contributed by atoms with Gasteiger partial charge in [-0.15, -0.1) is 6.58 Å². The lowest BCUT2D eigenvalue weighted by Gasteiger charge is -2.15. The number of carbonyl (C=O) groups is 1. The van der Waals surface area contributed by atoms with E-state index in [2.05, 4.69) is 11.9 Å². The van der Waals surface area contributed by atoms with E-state index in [0.717, 1.165) is 0 Å². The number of hydrogen-bond acceptors (Lipinski definition) is 4. The molecule has 2 fully saturated rings. The third-order valence-electron chi connectivity index (χ3n) is 3.19.